The van der Waals surface area contributed by atoms with E-state index in [1.165, 1.54) is 6.92 Å². The number of carboxylic acid groups (broad SMARTS) is 1. The zero-order valence-electron chi connectivity index (χ0n) is 9.15. The fourth-order valence-corrected chi connectivity index (χ4v) is 0.989. The molecule has 0 aliphatic carbocycles. The van der Waals surface area contributed by atoms with Crippen LogP contribution in [0, 0.1) is 22.9 Å². The topological polar surface area (TPSA) is 80.4 Å². The molecule has 0 bridgehead atoms. The molecule has 0 unspecified atom stereocenters. The van der Waals surface area contributed by atoms with Crippen molar-refractivity contribution in [3.8, 4) is 0 Å². The van der Waals surface area contributed by atoms with E-state index in [-0.39, 0.29) is 5.56 Å². The number of halogens is 1. The minimum atomic E-state index is -1.52. The normalized spacial score (nSPS) is 9.00. The lowest BCUT2D eigenvalue weighted by Crippen LogP contribution is -2.04. The number of rotatable bonds is 2. The minimum Gasteiger partial charge on any atom is -0.477 e. The van der Waals surface area contributed by atoms with Crippen LogP contribution in [0.15, 0.2) is 12.1 Å². The summed E-state index contributed by atoms with van der Waals surface area (Å²) in [6.07, 6.45) is 0. The number of hydrogen-bond donors (Lipinski definition) is 1. The Morgan fingerprint density at radius 1 is 1.44 bits per heavy atom. The molecule has 0 aromatic heterocycles. The molecule has 5 nitrogen and oxygen atoms in total. The third kappa shape index (κ3) is 3.01. The van der Waals surface area contributed by atoms with Gasteiger partial charge in [0.25, 0.3) is 5.69 Å². The van der Waals surface area contributed by atoms with Crippen LogP contribution < -0.4 is 0 Å². The van der Waals surface area contributed by atoms with Crippen LogP contribution in [0.25, 0.3) is 0 Å². The molecule has 0 heterocycles. The molecular weight excluding hydrogens is 217 g/mol. The lowest BCUT2D eigenvalue weighted by molar-refractivity contribution is -0.385. The Labute approximate surface area is 91.7 Å². The Bertz CT molecular complexity index is 379. The zero-order valence-corrected chi connectivity index (χ0v) is 9.15. The number of nitrogens with zero attached hydrogens (tertiary/aromatic N) is 1. The first-order valence-electron chi connectivity index (χ1n) is 4.61. The summed E-state index contributed by atoms with van der Waals surface area (Å²) in [4.78, 5) is 20.1. The van der Waals surface area contributed by atoms with Gasteiger partial charge in [-0.3, -0.25) is 10.1 Å². The van der Waals surface area contributed by atoms with Crippen LogP contribution in [0.5, 0.6) is 0 Å². The predicted octanol–water partition coefficient (Wildman–Crippen LogP) is 2.77. The number of aryl methyl sites for hydroxylation is 1. The fourth-order valence-electron chi connectivity index (χ4n) is 0.989. The van der Waals surface area contributed by atoms with Gasteiger partial charge in [0.2, 0.25) is 0 Å². The van der Waals surface area contributed by atoms with E-state index in [0.717, 1.165) is 6.07 Å². The average molecular weight is 229 g/mol. The van der Waals surface area contributed by atoms with Gasteiger partial charge in [-0.1, -0.05) is 13.8 Å². The Balaban J connectivity index is 0.00000106. The molecule has 0 saturated heterocycles. The number of carbonyl (C=O) groups is 1. The Hall–Kier alpha value is -1.98. The number of benzene rings is 1. The Morgan fingerprint density at radius 2 is 1.94 bits per heavy atom. The molecule has 1 N–H and O–H groups in total. The van der Waals surface area contributed by atoms with E-state index in [9.17, 15) is 19.3 Å². The highest BCUT2D eigenvalue weighted by molar-refractivity contribution is 5.92. The summed E-state index contributed by atoms with van der Waals surface area (Å²) in [5.41, 5.74) is -1.20. The average Bonchev–Trinajstić information content (AvgIpc) is 2.23. The smallest absolute Gasteiger partial charge is 0.342 e. The Morgan fingerprint density at radius 3 is 2.31 bits per heavy atom. The van der Waals surface area contributed by atoms with Crippen molar-refractivity contribution in [2.24, 2.45) is 0 Å². The molecule has 0 radical (unpaired) electrons. The molecular formula is C10H12FNO4. The number of nitro groups is 1. The van der Waals surface area contributed by atoms with Crippen LogP contribution in [0.1, 0.15) is 29.8 Å². The molecule has 1 rings (SSSR count). The first-order valence-corrected chi connectivity index (χ1v) is 4.61. The van der Waals surface area contributed by atoms with Gasteiger partial charge in [-0.15, -0.1) is 0 Å². The molecule has 0 fully saturated rings. The molecule has 0 atom stereocenters. The molecule has 16 heavy (non-hydrogen) atoms. The third-order valence-electron chi connectivity index (χ3n) is 1.70. The molecule has 1 aromatic rings. The van der Waals surface area contributed by atoms with Gasteiger partial charge in [-0.2, -0.15) is 0 Å². The maximum atomic E-state index is 12.9. The molecule has 0 amide bonds. The first kappa shape index (κ1) is 14.0. The number of aromatic carboxylic acids is 1. The minimum absolute atomic E-state index is 0.0432. The van der Waals surface area contributed by atoms with Crippen molar-refractivity contribution >= 4 is 11.7 Å². The van der Waals surface area contributed by atoms with E-state index in [1.54, 1.807) is 0 Å². The highest BCUT2D eigenvalue weighted by Crippen LogP contribution is 2.22. The first-order chi connectivity index (χ1) is 7.43. The van der Waals surface area contributed by atoms with Crippen LogP contribution in [-0.4, -0.2) is 16.0 Å². The van der Waals surface area contributed by atoms with Crippen LogP contribution >= 0.6 is 0 Å². The highest BCUT2D eigenvalue weighted by atomic mass is 19.1. The number of nitro benzene ring substituents is 1. The van der Waals surface area contributed by atoms with Gasteiger partial charge in [-0.25, -0.2) is 9.18 Å². The zero-order chi connectivity index (χ0) is 12.9. The lowest BCUT2D eigenvalue weighted by atomic mass is 10.1. The summed E-state index contributed by atoms with van der Waals surface area (Å²) in [7, 11) is 0. The van der Waals surface area contributed by atoms with E-state index in [2.05, 4.69) is 0 Å². The summed E-state index contributed by atoms with van der Waals surface area (Å²) in [6.45, 7) is 5.33. The molecule has 6 heteroatoms. The summed E-state index contributed by atoms with van der Waals surface area (Å²) < 4.78 is 12.9. The second-order valence-corrected chi connectivity index (χ2v) is 2.68. The Kier molecular flexibility index (Phi) is 5.08. The number of carboxylic acids is 1. The van der Waals surface area contributed by atoms with Crippen LogP contribution in [0.2, 0.25) is 0 Å². The van der Waals surface area contributed by atoms with E-state index in [4.69, 9.17) is 5.11 Å². The van der Waals surface area contributed by atoms with E-state index < -0.39 is 28.0 Å². The fraction of sp³-hybridized carbons (Fsp3) is 0.300. The third-order valence-corrected chi connectivity index (χ3v) is 1.70. The van der Waals surface area contributed by atoms with Gasteiger partial charge in [0.05, 0.1) is 4.92 Å². The largest absolute Gasteiger partial charge is 0.477 e. The SMILES string of the molecule is CC.Cc1cc([N+](=O)[O-])c(C(=O)O)cc1F. The van der Waals surface area contributed by atoms with Crippen LogP contribution in [-0.2, 0) is 0 Å². The van der Waals surface area contributed by atoms with Crippen molar-refractivity contribution in [1.82, 2.24) is 0 Å². The van der Waals surface area contributed by atoms with Gasteiger partial charge < -0.3 is 5.11 Å². The standard InChI is InChI=1S/C8H6FNO4.C2H6/c1-4-2-7(10(13)14)5(8(11)12)3-6(4)9;1-2/h2-3H,1H3,(H,11,12);1-2H3. The molecule has 0 spiro atoms. The summed E-state index contributed by atoms with van der Waals surface area (Å²) in [5, 5.41) is 19.0. The summed E-state index contributed by atoms with van der Waals surface area (Å²) >= 11 is 0. The lowest BCUT2D eigenvalue weighted by Gasteiger charge is -2.00. The second kappa shape index (κ2) is 5.79. The van der Waals surface area contributed by atoms with Crippen molar-refractivity contribution in [3.63, 3.8) is 0 Å². The van der Waals surface area contributed by atoms with Gasteiger partial charge in [-0.05, 0) is 18.6 Å². The van der Waals surface area contributed by atoms with Crippen LogP contribution in [0.4, 0.5) is 10.1 Å². The van der Waals surface area contributed by atoms with Gasteiger partial charge in [0.15, 0.2) is 0 Å². The molecule has 1 aromatic carbocycles. The molecule has 88 valence electrons. The van der Waals surface area contributed by atoms with E-state index >= 15 is 0 Å². The van der Waals surface area contributed by atoms with Crippen molar-refractivity contribution in [2.75, 3.05) is 0 Å². The second-order valence-electron chi connectivity index (χ2n) is 2.68. The number of hydrogen-bond acceptors (Lipinski definition) is 3. The monoisotopic (exact) mass is 229 g/mol. The van der Waals surface area contributed by atoms with E-state index in [0.29, 0.717) is 6.07 Å². The van der Waals surface area contributed by atoms with Gasteiger partial charge >= 0.3 is 5.97 Å². The van der Waals surface area contributed by atoms with Gasteiger partial charge in [0.1, 0.15) is 11.4 Å². The molecule has 0 saturated carbocycles. The maximum absolute atomic E-state index is 12.9. The van der Waals surface area contributed by atoms with E-state index in [1.807, 2.05) is 13.8 Å². The van der Waals surface area contributed by atoms with Crippen LogP contribution in [0.3, 0.4) is 0 Å². The van der Waals surface area contributed by atoms with Gasteiger partial charge in [0, 0.05) is 6.07 Å². The molecule has 0 aliphatic rings. The van der Waals surface area contributed by atoms with Crippen molar-refractivity contribution in [1.29, 1.82) is 0 Å². The quantitative estimate of drug-likeness (QED) is 0.624. The van der Waals surface area contributed by atoms with Crippen molar-refractivity contribution < 1.29 is 19.2 Å². The molecule has 0 aliphatic heterocycles. The highest BCUT2D eigenvalue weighted by Gasteiger charge is 2.21. The summed E-state index contributed by atoms with van der Waals surface area (Å²) in [5.74, 6) is -2.29. The maximum Gasteiger partial charge on any atom is 0.342 e. The summed E-state index contributed by atoms with van der Waals surface area (Å²) in [6, 6.07) is 1.55. The van der Waals surface area contributed by atoms with Crippen molar-refractivity contribution in [2.45, 2.75) is 20.8 Å². The predicted molar refractivity (Wildman–Crippen MR) is 56.1 cm³/mol. The van der Waals surface area contributed by atoms with Crippen molar-refractivity contribution in [3.05, 3.63) is 39.2 Å².